The summed E-state index contributed by atoms with van der Waals surface area (Å²) in [6, 6.07) is 0.273. The molecule has 8 nitrogen and oxygen atoms in total. The molecule has 0 aromatic heterocycles. The number of rotatable bonds is 4. The number of hydrogen-bond acceptors (Lipinski definition) is 8. The molecule has 1 rings (SSSR count). The van der Waals surface area contributed by atoms with E-state index >= 15 is 0 Å². The molecule has 0 radical (unpaired) electrons. The molecule has 0 saturated carbocycles. The second-order valence-corrected chi connectivity index (χ2v) is 17.0. The summed E-state index contributed by atoms with van der Waals surface area (Å²) in [6.45, 7) is 7.10. The van der Waals surface area contributed by atoms with Crippen LogP contribution in [0.2, 0.25) is 25.7 Å². The summed E-state index contributed by atoms with van der Waals surface area (Å²) < 4.78 is 39.3. The molecule has 1 N–H and O–H groups in total. The van der Waals surface area contributed by atoms with Crippen LogP contribution < -0.4 is 0 Å². The molecule has 2 unspecified atom stereocenters. The predicted molar refractivity (Wildman–Crippen MR) is 78.7 cm³/mol. The lowest BCUT2D eigenvalue weighted by Gasteiger charge is -2.44. The van der Waals surface area contributed by atoms with E-state index in [0.29, 0.717) is 0 Å². The highest BCUT2D eigenvalue weighted by atomic mass is 28.6. The Balaban J connectivity index is 3.19. The van der Waals surface area contributed by atoms with E-state index in [1.165, 1.54) is 21.3 Å². The van der Waals surface area contributed by atoms with Gasteiger partial charge in [-0.1, -0.05) is 6.92 Å². The van der Waals surface area contributed by atoms with Crippen molar-refractivity contribution in [3.05, 3.63) is 0 Å². The molecule has 2 atom stereocenters. The van der Waals surface area contributed by atoms with Gasteiger partial charge in [-0.15, -0.1) is 0 Å². The van der Waals surface area contributed by atoms with Gasteiger partial charge in [0.15, 0.2) is 0 Å². The van der Waals surface area contributed by atoms with E-state index in [1.807, 2.05) is 13.1 Å². The van der Waals surface area contributed by atoms with Crippen molar-refractivity contribution < 1.29 is 34.5 Å². The van der Waals surface area contributed by atoms with Crippen LogP contribution in [-0.2, 0) is 29.7 Å². The first kappa shape index (κ1) is 18.6. The van der Waals surface area contributed by atoms with Crippen molar-refractivity contribution in [1.29, 1.82) is 0 Å². The largest absolute Gasteiger partial charge is 0.662 e. The Kier molecular flexibility index (Phi) is 5.90. The minimum absolute atomic E-state index is 0.273. The van der Waals surface area contributed by atoms with E-state index in [4.69, 9.17) is 29.7 Å². The minimum Gasteiger partial charge on any atom is -0.394 e. The van der Waals surface area contributed by atoms with E-state index in [9.17, 15) is 4.80 Å². The first-order valence-electron chi connectivity index (χ1n) is 6.25. The summed E-state index contributed by atoms with van der Waals surface area (Å²) in [5.74, 6) is 0. The zero-order valence-electron chi connectivity index (χ0n) is 13.0. The van der Waals surface area contributed by atoms with Gasteiger partial charge in [-0.05, 0) is 13.1 Å². The van der Waals surface area contributed by atoms with Crippen molar-refractivity contribution in [2.24, 2.45) is 0 Å². The van der Waals surface area contributed by atoms with Crippen molar-refractivity contribution >= 4 is 35.2 Å². The maximum absolute atomic E-state index is 10.6. The molecule has 1 saturated heterocycles. The molecule has 0 amide bonds. The van der Waals surface area contributed by atoms with E-state index in [0.717, 1.165) is 0 Å². The zero-order chi connectivity index (χ0) is 15.7. The molecule has 0 aromatic carbocycles. The average molecular weight is 361 g/mol. The zero-order valence-corrected chi connectivity index (χ0v) is 17.0. The van der Waals surface area contributed by atoms with E-state index < -0.39 is 35.2 Å². The highest BCUT2D eigenvalue weighted by Gasteiger charge is 2.63. The molecular formula is C8H24O8Si4. The fraction of sp³-hybridized carbons (Fsp3) is 1.00. The lowest BCUT2D eigenvalue weighted by atomic mass is 11.0. The summed E-state index contributed by atoms with van der Waals surface area (Å²) in [4.78, 5) is 10.6. The molecule has 0 aromatic rings. The average Bonchev–Trinajstić information content (AvgIpc) is 2.35. The van der Waals surface area contributed by atoms with Gasteiger partial charge in [0.05, 0.1) is 0 Å². The molecule has 20 heavy (non-hydrogen) atoms. The molecule has 0 spiro atoms. The van der Waals surface area contributed by atoms with Gasteiger partial charge in [-0.3, -0.25) is 0 Å². The van der Waals surface area contributed by atoms with E-state index in [2.05, 4.69) is 0 Å². The minimum atomic E-state index is -3.57. The Morgan fingerprint density at radius 2 is 1.40 bits per heavy atom. The Hall–Kier alpha value is 0.548. The van der Waals surface area contributed by atoms with Crippen LogP contribution in [0, 0.1) is 0 Å². The highest BCUT2D eigenvalue weighted by Crippen LogP contribution is 2.31. The van der Waals surface area contributed by atoms with Crippen LogP contribution in [0.25, 0.3) is 0 Å². The standard InChI is InChI=1S/C8H24O8Si4/c1-8-19(9)15-18(7,10-2)13-17(5,6)14-20(11-3,12-4)16-19/h9H,8H2,1-7H3. The Morgan fingerprint density at radius 3 is 1.80 bits per heavy atom. The second-order valence-electron chi connectivity index (χ2n) is 4.85. The van der Waals surface area contributed by atoms with Crippen LogP contribution in [0.1, 0.15) is 6.92 Å². The second kappa shape index (κ2) is 6.35. The molecule has 12 heteroatoms. The number of hydrogen-bond donors (Lipinski definition) is 1. The van der Waals surface area contributed by atoms with Crippen molar-refractivity contribution in [3.63, 3.8) is 0 Å². The summed E-state index contributed by atoms with van der Waals surface area (Å²) in [7, 11) is -8.45. The first-order chi connectivity index (χ1) is 9.07. The highest BCUT2D eigenvalue weighted by molar-refractivity contribution is 6.88. The van der Waals surface area contributed by atoms with Gasteiger partial charge in [0.2, 0.25) is 0 Å². The molecule has 1 fully saturated rings. The Bertz CT molecular complexity index is 340. The summed E-state index contributed by atoms with van der Waals surface area (Å²) in [6.07, 6.45) is 0. The molecule has 1 aliphatic heterocycles. The predicted octanol–water partition coefficient (Wildman–Crippen LogP) is 0.663. The first-order valence-corrected chi connectivity index (χ1v) is 14.9. The van der Waals surface area contributed by atoms with Crippen LogP contribution in [-0.4, -0.2) is 61.3 Å². The third kappa shape index (κ3) is 4.28. The third-order valence-electron chi connectivity index (χ3n) is 2.75. The third-order valence-corrected chi connectivity index (χ3v) is 16.8. The molecule has 1 heterocycles. The van der Waals surface area contributed by atoms with Gasteiger partial charge < -0.3 is 34.5 Å². The molecule has 120 valence electrons. The summed E-state index contributed by atoms with van der Waals surface area (Å²) in [5, 5.41) is 0. The van der Waals surface area contributed by atoms with Crippen LogP contribution in [0.15, 0.2) is 0 Å². The quantitative estimate of drug-likeness (QED) is 0.732. The smallest absolute Gasteiger partial charge is 0.394 e. The maximum Gasteiger partial charge on any atom is 0.662 e. The molecule has 1 aliphatic rings. The van der Waals surface area contributed by atoms with Gasteiger partial charge in [0, 0.05) is 33.9 Å². The van der Waals surface area contributed by atoms with Crippen molar-refractivity contribution in [1.82, 2.24) is 0 Å². The van der Waals surface area contributed by atoms with Gasteiger partial charge >= 0.3 is 35.2 Å². The fourth-order valence-electron chi connectivity index (χ4n) is 1.79. The molecule has 0 aliphatic carbocycles. The summed E-state index contributed by atoms with van der Waals surface area (Å²) >= 11 is 0. The van der Waals surface area contributed by atoms with Gasteiger partial charge in [0.1, 0.15) is 0 Å². The lowest BCUT2D eigenvalue weighted by molar-refractivity contribution is 0.0202. The van der Waals surface area contributed by atoms with Crippen LogP contribution >= 0.6 is 0 Å². The van der Waals surface area contributed by atoms with Crippen molar-refractivity contribution in [2.45, 2.75) is 32.6 Å². The van der Waals surface area contributed by atoms with E-state index in [-0.39, 0.29) is 6.04 Å². The fourth-order valence-corrected chi connectivity index (χ4v) is 17.1. The lowest BCUT2D eigenvalue weighted by Crippen LogP contribution is -2.70. The van der Waals surface area contributed by atoms with Crippen LogP contribution in [0.5, 0.6) is 0 Å². The van der Waals surface area contributed by atoms with Gasteiger partial charge in [0.25, 0.3) is 0 Å². The summed E-state index contributed by atoms with van der Waals surface area (Å²) in [5.41, 5.74) is 0. The van der Waals surface area contributed by atoms with Crippen LogP contribution in [0.4, 0.5) is 0 Å². The van der Waals surface area contributed by atoms with E-state index in [1.54, 1.807) is 13.5 Å². The van der Waals surface area contributed by atoms with Crippen molar-refractivity contribution in [2.75, 3.05) is 21.3 Å². The van der Waals surface area contributed by atoms with Crippen molar-refractivity contribution in [3.8, 4) is 0 Å². The Labute approximate surface area is 124 Å². The molecular weight excluding hydrogens is 336 g/mol. The normalized spacial score (nSPS) is 37.2. The maximum atomic E-state index is 10.6. The Morgan fingerprint density at radius 1 is 0.850 bits per heavy atom. The SMILES string of the molecule is CC[Si]1(O)O[Si](C)(OC)O[Si](C)(C)O[Si](OC)(OC)O1. The van der Waals surface area contributed by atoms with Gasteiger partial charge in [-0.2, -0.15) is 0 Å². The van der Waals surface area contributed by atoms with Crippen LogP contribution in [0.3, 0.4) is 0 Å². The monoisotopic (exact) mass is 360 g/mol. The van der Waals surface area contributed by atoms with Gasteiger partial charge in [-0.25, -0.2) is 0 Å². The molecule has 0 bridgehead atoms. The topological polar surface area (TPSA) is 84.8 Å².